The normalized spacial score (nSPS) is 20.0. The van der Waals surface area contributed by atoms with Gasteiger partial charge < -0.3 is 9.64 Å². The second-order valence-electron chi connectivity index (χ2n) is 2.62. The van der Waals surface area contributed by atoms with Crippen molar-refractivity contribution < 1.29 is 9.53 Å². The molecule has 1 rings (SSSR count). The maximum Gasteiger partial charge on any atom is 0.411 e. The highest BCUT2D eigenvalue weighted by atomic mass is 35.5. The maximum absolute atomic E-state index is 11.1. The average molecular weight is 178 g/mol. The number of likely N-dealkylation sites (tertiary alicyclic amines) is 1. The van der Waals surface area contributed by atoms with Crippen molar-refractivity contribution in [2.45, 2.75) is 25.3 Å². The summed E-state index contributed by atoms with van der Waals surface area (Å²) < 4.78 is 4.79. The molecule has 1 aliphatic rings. The molecule has 0 aromatic heterocycles. The summed E-state index contributed by atoms with van der Waals surface area (Å²) in [5, 5.41) is 0. The maximum atomic E-state index is 11.1. The van der Waals surface area contributed by atoms with Crippen LogP contribution in [0.4, 0.5) is 4.79 Å². The minimum atomic E-state index is -0.525. The van der Waals surface area contributed by atoms with Gasteiger partial charge in [0.25, 0.3) is 0 Å². The molecule has 3 nitrogen and oxygen atoms in total. The van der Waals surface area contributed by atoms with Crippen LogP contribution in [-0.2, 0) is 4.74 Å². The number of hydrogen-bond acceptors (Lipinski definition) is 2. The number of halogens is 1. The molecule has 1 amide bonds. The van der Waals surface area contributed by atoms with Gasteiger partial charge in [0.15, 0.2) is 5.56 Å². The molecule has 0 aliphatic carbocycles. The molecule has 0 aromatic carbocycles. The van der Waals surface area contributed by atoms with Gasteiger partial charge in [-0.2, -0.15) is 0 Å². The van der Waals surface area contributed by atoms with Crippen LogP contribution in [-0.4, -0.2) is 29.6 Å². The number of carbonyl (C=O) groups is 1. The summed E-state index contributed by atoms with van der Waals surface area (Å²) in [6.07, 6.45) is 1.86. The summed E-state index contributed by atoms with van der Waals surface area (Å²) >= 11 is 5.48. The second-order valence-corrected chi connectivity index (χ2v) is 3.24. The van der Waals surface area contributed by atoms with E-state index in [-0.39, 0.29) is 6.09 Å². The van der Waals surface area contributed by atoms with Gasteiger partial charge in [-0.3, -0.25) is 0 Å². The van der Waals surface area contributed by atoms with E-state index in [1.165, 1.54) is 0 Å². The highest BCUT2D eigenvalue weighted by molar-refractivity contribution is 6.19. The van der Waals surface area contributed by atoms with Crippen LogP contribution in [0.15, 0.2) is 0 Å². The lowest BCUT2D eigenvalue weighted by atomic mass is 10.4. The van der Waals surface area contributed by atoms with Crippen LogP contribution in [0.2, 0.25) is 0 Å². The number of nitrogens with zero attached hydrogens (tertiary/aromatic N) is 1. The first-order valence-electron chi connectivity index (χ1n) is 3.80. The number of hydrogen-bond donors (Lipinski definition) is 0. The first kappa shape index (κ1) is 8.65. The number of carbonyl (C=O) groups excluding carboxylic acids is 1. The fourth-order valence-corrected chi connectivity index (χ4v) is 1.19. The molecule has 0 N–H and O–H groups in total. The Morgan fingerprint density at radius 3 is 2.55 bits per heavy atom. The smallest absolute Gasteiger partial charge is 0.411 e. The SMILES string of the molecule is C[C@H](Cl)OC(=O)N1CCCC1. The van der Waals surface area contributed by atoms with E-state index in [1.54, 1.807) is 11.8 Å². The third kappa shape index (κ3) is 2.58. The van der Waals surface area contributed by atoms with Gasteiger partial charge in [0.05, 0.1) is 0 Å². The van der Waals surface area contributed by atoms with Crippen molar-refractivity contribution in [2.75, 3.05) is 13.1 Å². The van der Waals surface area contributed by atoms with Crippen LogP contribution in [0.25, 0.3) is 0 Å². The topological polar surface area (TPSA) is 29.5 Å². The Labute approximate surface area is 71.3 Å². The lowest BCUT2D eigenvalue weighted by Crippen LogP contribution is -2.29. The molecule has 1 fully saturated rings. The molecule has 0 spiro atoms. The van der Waals surface area contributed by atoms with Crippen LogP contribution in [0.5, 0.6) is 0 Å². The fourth-order valence-electron chi connectivity index (χ4n) is 1.11. The van der Waals surface area contributed by atoms with E-state index >= 15 is 0 Å². The molecule has 0 bridgehead atoms. The summed E-state index contributed by atoms with van der Waals surface area (Å²) in [7, 11) is 0. The molecule has 11 heavy (non-hydrogen) atoms. The molecule has 1 heterocycles. The van der Waals surface area contributed by atoms with E-state index in [2.05, 4.69) is 0 Å². The van der Waals surface area contributed by atoms with Gasteiger partial charge in [-0.25, -0.2) is 4.79 Å². The predicted octanol–water partition coefficient (Wildman–Crippen LogP) is 1.80. The van der Waals surface area contributed by atoms with Gasteiger partial charge in [0.1, 0.15) is 0 Å². The molecule has 1 saturated heterocycles. The highest BCUT2D eigenvalue weighted by Gasteiger charge is 2.19. The number of amides is 1. The first-order chi connectivity index (χ1) is 5.20. The van der Waals surface area contributed by atoms with E-state index < -0.39 is 5.56 Å². The van der Waals surface area contributed by atoms with Crippen LogP contribution < -0.4 is 0 Å². The van der Waals surface area contributed by atoms with Crippen molar-refractivity contribution in [3.63, 3.8) is 0 Å². The zero-order valence-corrected chi connectivity index (χ0v) is 7.30. The first-order valence-corrected chi connectivity index (χ1v) is 4.23. The Hall–Kier alpha value is -0.440. The second kappa shape index (κ2) is 3.81. The van der Waals surface area contributed by atoms with Gasteiger partial charge in [-0.1, -0.05) is 11.6 Å². The van der Waals surface area contributed by atoms with Crippen LogP contribution in [0, 0.1) is 0 Å². The van der Waals surface area contributed by atoms with Crippen molar-refractivity contribution in [2.24, 2.45) is 0 Å². The number of alkyl halides is 1. The van der Waals surface area contributed by atoms with Crippen molar-refractivity contribution in [3.8, 4) is 0 Å². The minimum absolute atomic E-state index is 0.287. The van der Waals surface area contributed by atoms with Gasteiger partial charge in [-0.05, 0) is 19.8 Å². The quantitative estimate of drug-likeness (QED) is 0.572. The molecule has 0 aromatic rings. The average Bonchev–Trinajstić information content (AvgIpc) is 2.35. The van der Waals surface area contributed by atoms with Crippen molar-refractivity contribution in [1.29, 1.82) is 0 Å². The molecule has 4 heteroatoms. The zero-order chi connectivity index (χ0) is 8.27. The van der Waals surface area contributed by atoms with E-state index in [0.717, 1.165) is 25.9 Å². The van der Waals surface area contributed by atoms with Crippen molar-refractivity contribution in [3.05, 3.63) is 0 Å². The Bertz CT molecular complexity index is 143. The molecular weight excluding hydrogens is 166 g/mol. The van der Waals surface area contributed by atoms with Crippen molar-refractivity contribution in [1.82, 2.24) is 4.90 Å². The molecule has 1 aliphatic heterocycles. The summed E-state index contributed by atoms with van der Waals surface area (Å²) in [5.41, 5.74) is -0.525. The Morgan fingerprint density at radius 2 is 2.09 bits per heavy atom. The Kier molecular flexibility index (Phi) is 3.00. The lowest BCUT2D eigenvalue weighted by Gasteiger charge is -2.15. The molecule has 64 valence electrons. The summed E-state index contributed by atoms with van der Waals surface area (Å²) in [5.74, 6) is 0. The van der Waals surface area contributed by atoms with E-state index in [9.17, 15) is 4.79 Å². The summed E-state index contributed by atoms with van der Waals surface area (Å²) in [6.45, 7) is 3.25. The molecular formula is C7H12ClNO2. The Balaban J connectivity index is 2.28. The Morgan fingerprint density at radius 1 is 1.55 bits per heavy atom. The van der Waals surface area contributed by atoms with Gasteiger partial charge in [0.2, 0.25) is 0 Å². The van der Waals surface area contributed by atoms with Gasteiger partial charge in [0, 0.05) is 13.1 Å². The molecule has 1 atom stereocenters. The zero-order valence-electron chi connectivity index (χ0n) is 6.55. The molecule has 0 unspecified atom stereocenters. The van der Waals surface area contributed by atoms with Crippen molar-refractivity contribution >= 4 is 17.7 Å². The highest BCUT2D eigenvalue weighted by Crippen LogP contribution is 2.10. The lowest BCUT2D eigenvalue weighted by molar-refractivity contribution is 0.104. The summed E-state index contributed by atoms with van der Waals surface area (Å²) in [4.78, 5) is 12.8. The van der Waals surface area contributed by atoms with Crippen LogP contribution in [0.3, 0.4) is 0 Å². The largest absolute Gasteiger partial charge is 0.430 e. The third-order valence-electron chi connectivity index (χ3n) is 1.63. The van der Waals surface area contributed by atoms with Crippen LogP contribution >= 0.6 is 11.6 Å². The van der Waals surface area contributed by atoms with E-state index in [0.29, 0.717) is 0 Å². The minimum Gasteiger partial charge on any atom is -0.430 e. The van der Waals surface area contributed by atoms with E-state index in [4.69, 9.17) is 16.3 Å². The third-order valence-corrected chi connectivity index (χ3v) is 1.72. The summed E-state index contributed by atoms with van der Waals surface area (Å²) in [6, 6.07) is 0. The molecule has 0 radical (unpaired) electrons. The predicted molar refractivity (Wildman–Crippen MR) is 42.6 cm³/mol. The van der Waals surface area contributed by atoms with E-state index in [1.807, 2.05) is 0 Å². The monoisotopic (exact) mass is 177 g/mol. The van der Waals surface area contributed by atoms with Gasteiger partial charge in [-0.15, -0.1) is 0 Å². The number of ether oxygens (including phenoxy) is 1. The standard InChI is InChI=1S/C7H12ClNO2/c1-6(8)11-7(10)9-4-2-3-5-9/h6H,2-5H2,1H3/t6-/m1/s1. The van der Waals surface area contributed by atoms with Crippen LogP contribution in [0.1, 0.15) is 19.8 Å². The fraction of sp³-hybridized carbons (Fsp3) is 0.857. The molecule has 0 saturated carbocycles. The van der Waals surface area contributed by atoms with Gasteiger partial charge >= 0.3 is 6.09 Å². The number of rotatable bonds is 1.